The number of pyridine rings is 1. The molecule has 7 nitrogen and oxygen atoms in total. The number of hydrogen-bond donors (Lipinski definition) is 2. The first-order valence-electron chi connectivity index (χ1n) is 12.3. The number of aromatic nitrogens is 1. The van der Waals surface area contributed by atoms with E-state index in [0.29, 0.717) is 24.3 Å². The maximum Gasteiger partial charge on any atom is 0.247 e. The Morgan fingerprint density at radius 3 is 2.53 bits per heavy atom. The summed E-state index contributed by atoms with van der Waals surface area (Å²) in [4.78, 5) is 31.9. The number of carbonyl (C=O) groups is 2. The standard InChI is InChI=1S/C29H31N5O2/c1-20(23-12-10-22(17-30)11-13-23)18-32-28(24-7-4-3-5-8-24)29(36)33-27-15-14-25(19-31-27)34-16-6-9-26(35)21(34)2/h3-5,7-8,10-15,19-21,28,32H,6,9,16,18H2,1-2H3,(H,31,33,36). The molecule has 7 heteroatoms. The van der Waals surface area contributed by atoms with Crippen molar-refractivity contribution < 1.29 is 9.59 Å². The minimum absolute atomic E-state index is 0.142. The number of piperidine rings is 1. The van der Waals surface area contributed by atoms with Crippen molar-refractivity contribution in [1.82, 2.24) is 10.3 Å². The first-order valence-corrected chi connectivity index (χ1v) is 12.3. The van der Waals surface area contributed by atoms with E-state index in [0.717, 1.165) is 29.8 Å². The van der Waals surface area contributed by atoms with E-state index in [1.54, 1.807) is 12.3 Å². The first kappa shape index (κ1) is 25.1. The molecule has 1 amide bonds. The monoisotopic (exact) mass is 481 g/mol. The van der Waals surface area contributed by atoms with Crippen LogP contribution >= 0.6 is 0 Å². The van der Waals surface area contributed by atoms with Gasteiger partial charge in [-0.05, 0) is 54.7 Å². The lowest BCUT2D eigenvalue weighted by atomic mass is 9.98. The fourth-order valence-corrected chi connectivity index (χ4v) is 4.49. The minimum Gasteiger partial charge on any atom is -0.361 e. The van der Waals surface area contributed by atoms with E-state index in [1.165, 1.54) is 0 Å². The summed E-state index contributed by atoms with van der Waals surface area (Å²) in [5.74, 6) is 0.645. The highest BCUT2D eigenvalue weighted by atomic mass is 16.2. The van der Waals surface area contributed by atoms with E-state index >= 15 is 0 Å². The van der Waals surface area contributed by atoms with Crippen molar-refractivity contribution in [2.24, 2.45) is 0 Å². The van der Waals surface area contributed by atoms with Gasteiger partial charge in [0.15, 0.2) is 5.78 Å². The number of benzene rings is 2. The second-order valence-electron chi connectivity index (χ2n) is 9.22. The molecular formula is C29H31N5O2. The third-order valence-electron chi connectivity index (χ3n) is 6.72. The second kappa shape index (κ2) is 11.6. The molecule has 2 N–H and O–H groups in total. The predicted octanol–water partition coefficient (Wildman–Crippen LogP) is 4.58. The maximum absolute atomic E-state index is 13.3. The number of anilines is 2. The minimum atomic E-state index is -0.562. The Bertz CT molecular complexity index is 1220. The molecule has 0 bridgehead atoms. The van der Waals surface area contributed by atoms with Gasteiger partial charge in [0, 0.05) is 19.5 Å². The van der Waals surface area contributed by atoms with Crippen LogP contribution in [0.4, 0.5) is 11.5 Å². The summed E-state index contributed by atoms with van der Waals surface area (Å²) in [7, 11) is 0. The number of carbonyl (C=O) groups excluding carboxylic acids is 2. The van der Waals surface area contributed by atoms with Gasteiger partial charge in [-0.15, -0.1) is 0 Å². The van der Waals surface area contributed by atoms with Crippen molar-refractivity contribution in [1.29, 1.82) is 5.26 Å². The van der Waals surface area contributed by atoms with Crippen LogP contribution in [0.2, 0.25) is 0 Å². The number of nitrogens with one attached hydrogen (secondary N) is 2. The van der Waals surface area contributed by atoms with Gasteiger partial charge >= 0.3 is 0 Å². The smallest absolute Gasteiger partial charge is 0.247 e. The van der Waals surface area contributed by atoms with E-state index < -0.39 is 6.04 Å². The van der Waals surface area contributed by atoms with E-state index in [2.05, 4.69) is 33.5 Å². The van der Waals surface area contributed by atoms with Crippen LogP contribution in [0, 0.1) is 11.3 Å². The lowest BCUT2D eigenvalue weighted by Crippen LogP contribution is -2.43. The molecule has 0 saturated carbocycles. The lowest BCUT2D eigenvalue weighted by Gasteiger charge is -2.34. The summed E-state index contributed by atoms with van der Waals surface area (Å²) in [6.45, 7) is 5.40. The molecule has 1 fully saturated rings. The van der Waals surface area contributed by atoms with Crippen molar-refractivity contribution in [2.45, 2.75) is 44.7 Å². The Hall–Kier alpha value is -4.02. The van der Waals surface area contributed by atoms with Gasteiger partial charge in [-0.3, -0.25) is 9.59 Å². The van der Waals surface area contributed by atoms with Crippen LogP contribution < -0.4 is 15.5 Å². The predicted molar refractivity (Wildman–Crippen MR) is 141 cm³/mol. The van der Waals surface area contributed by atoms with E-state index in [9.17, 15) is 9.59 Å². The molecule has 1 saturated heterocycles. The summed E-state index contributed by atoms with van der Waals surface area (Å²) >= 11 is 0. The number of rotatable bonds is 8. The van der Waals surface area contributed by atoms with E-state index in [-0.39, 0.29) is 23.7 Å². The Labute approximate surface area is 212 Å². The molecule has 1 aromatic heterocycles. The molecule has 1 aliphatic rings. The van der Waals surface area contributed by atoms with Crippen LogP contribution in [-0.2, 0) is 9.59 Å². The molecule has 3 aromatic rings. The molecule has 0 aliphatic carbocycles. The number of amides is 1. The van der Waals surface area contributed by atoms with Crippen molar-refractivity contribution in [3.8, 4) is 6.07 Å². The van der Waals surface area contributed by atoms with E-state index in [4.69, 9.17) is 5.26 Å². The summed E-state index contributed by atoms with van der Waals surface area (Å²) in [6, 6.07) is 22.2. The first-order chi connectivity index (χ1) is 17.5. The quantitative estimate of drug-likeness (QED) is 0.489. The SMILES string of the molecule is CC(CNC(C(=O)Nc1ccc(N2CCCC(=O)C2C)cn1)c1ccccc1)c1ccc(C#N)cc1. The number of hydrogen-bond acceptors (Lipinski definition) is 6. The van der Waals surface area contributed by atoms with Crippen molar-refractivity contribution >= 4 is 23.2 Å². The Morgan fingerprint density at radius 1 is 1.11 bits per heavy atom. The van der Waals surface area contributed by atoms with Gasteiger partial charge in [0.05, 0.1) is 29.6 Å². The topological polar surface area (TPSA) is 98.1 Å². The Kier molecular flexibility index (Phi) is 8.09. The van der Waals surface area contributed by atoms with Gasteiger partial charge in [0.25, 0.3) is 0 Å². The highest BCUT2D eigenvalue weighted by Crippen LogP contribution is 2.24. The van der Waals surface area contributed by atoms with Crippen molar-refractivity contribution in [3.05, 3.63) is 89.6 Å². The molecule has 36 heavy (non-hydrogen) atoms. The zero-order chi connectivity index (χ0) is 25.5. The van der Waals surface area contributed by atoms with Crippen LogP contribution in [-0.4, -0.2) is 35.8 Å². The highest BCUT2D eigenvalue weighted by Gasteiger charge is 2.26. The molecule has 2 heterocycles. The number of nitrogens with zero attached hydrogens (tertiary/aromatic N) is 3. The van der Waals surface area contributed by atoms with Gasteiger partial charge in [0.2, 0.25) is 5.91 Å². The van der Waals surface area contributed by atoms with Gasteiger partial charge < -0.3 is 15.5 Å². The van der Waals surface area contributed by atoms with Gasteiger partial charge in [-0.25, -0.2) is 4.98 Å². The van der Waals surface area contributed by atoms with Crippen molar-refractivity contribution in [2.75, 3.05) is 23.3 Å². The van der Waals surface area contributed by atoms with Gasteiger partial charge in [0.1, 0.15) is 11.9 Å². The van der Waals surface area contributed by atoms with Crippen LogP contribution in [0.5, 0.6) is 0 Å². The molecule has 0 radical (unpaired) electrons. The maximum atomic E-state index is 13.3. The Balaban J connectivity index is 1.44. The molecule has 184 valence electrons. The van der Waals surface area contributed by atoms with Crippen LogP contribution in [0.25, 0.3) is 0 Å². The largest absolute Gasteiger partial charge is 0.361 e. The zero-order valence-corrected chi connectivity index (χ0v) is 20.6. The summed E-state index contributed by atoms with van der Waals surface area (Å²) in [6.07, 6.45) is 3.17. The highest BCUT2D eigenvalue weighted by molar-refractivity contribution is 5.95. The molecule has 2 aromatic carbocycles. The number of nitriles is 1. The van der Waals surface area contributed by atoms with Gasteiger partial charge in [-0.2, -0.15) is 5.26 Å². The number of ketones is 1. The van der Waals surface area contributed by atoms with E-state index in [1.807, 2.05) is 67.6 Å². The Morgan fingerprint density at radius 2 is 1.86 bits per heavy atom. The van der Waals surface area contributed by atoms with Crippen LogP contribution in [0.15, 0.2) is 72.9 Å². The molecule has 4 rings (SSSR count). The molecule has 0 spiro atoms. The average Bonchev–Trinajstić information content (AvgIpc) is 2.91. The third-order valence-corrected chi connectivity index (χ3v) is 6.72. The summed E-state index contributed by atoms with van der Waals surface area (Å²) < 4.78 is 0. The molecule has 3 atom stereocenters. The van der Waals surface area contributed by atoms with Crippen LogP contribution in [0.3, 0.4) is 0 Å². The van der Waals surface area contributed by atoms with Gasteiger partial charge in [-0.1, -0.05) is 49.4 Å². The second-order valence-corrected chi connectivity index (χ2v) is 9.22. The lowest BCUT2D eigenvalue weighted by molar-refractivity contribution is -0.121. The third kappa shape index (κ3) is 5.96. The van der Waals surface area contributed by atoms with Crippen molar-refractivity contribution in [3.63, 3.8) is 0 Å². The molecule has 1 aliphatic heterocycles. The number of Topliss-reactive ketones (excluding diaryl/α,β-unsaturated/α-hetero) is 1. The average molecular weight is 482 g/mol. The fourth-order valence-electron chi connectivity index (χ4n) is 4.49. The zero-order valence-electron chi connectivity index (χ0n) is 20.6. The molecular weight excluding hydrogens is 450 g/mol. The normalized spacial score (nSPS) is 17.2. The summed E-state index contributed by atoms with van der Waals surface area (Å²) in [5, 5.41) is 15.4. The molecule has 3 unspecified atom stereocenters. The summed E-state index contributed by atoms with van der Waals surface area (Å²) in [5.41, 5.74) is 3.46. The van der Waals surface area contributed by atoms with Crippen LogP contribution in [0.1, 0.15) is 55.3 Å². The fraction of sp³-hybridized carbons (Fsp3) is 0.310.